The number of unbranched alkanes of at least 4 members (excludes halogenated alkanes) is 1. The number of benzene rings is 2. The molecule has 0 unspecified atom stereocenters. The van der Waals surface area contributed by atoms with Crippen LogP contribution in [0.1, 0.15) is 55.1 Å². The second-order valence-corrected chi connectivity index (χ2v) is 11.0. The highest BCUT2D eigenvalue weighted by Crippen LogP contribution is 2.22. The summed E-state index contributed by atoms with van der Waals surface area (Å²) in [5.74, 6) is -1.38. The molecule has 0 fully saturated rings. The monoisotopic (exact) mass is 586 g/mol. The van der Waals surface area contributed by atoms with E-state index >= 15 is 0 Å². The maximum Gasteiger partial charge on any atom is 0.245 e. The molecule has 0 saturated carbocycles. The summed E-state index contributed by atoms with van der Waals surface area (Å²) < 4.78 is 1.43. The summed E-state index contributed by atoms with van der Waals surface area (Å²) in [6.07, 6.45) is 4.45. The lowest BCUT2D eigenvalue weighted by Crippen LogP contribution is -2.55. The maximum absolute atomic E-state index is 14.0. The molecule has 3 heterocycles. The highest BCUT2D eigenvalue weighted by molar-refractivity contribution is 5.94. The van der Waals surface area contributed by atoms with Gasteiger partial charge in [0.15, 0.2) is 0 Å². The summed E-state index contributed by atoms with van der Waals surface area (Å²) in [7, 11) is 0. The highest BCUT2D eigenvalue weighted by Gasteiger charge is 2.34. The van der Waals surface area contributed by atoms with Gasteiger partial charge in [0, 0.05) is 29.9 Å². The van der Waals surface area contributed by atoms with Crippen molar-refractivity contribution < 1.29 is 19.5 Å². The molecule has 4 aromatic rings. The number of aliphatic hydroxyl groups is 1. The number of nitrogens with zero attached hydrogens (tertiary/aromatic N) is 3. The molecule has 0 saturated heterocycles. The number of fused-ring (bicyclic) bond motifs is 3. The first-order valence-electron chi connectivity index (χ1n) is 14.6. The van der Waals surface area contributed by atoms with E-state index in [1.165, 1.54) is 11.6 Å². The van der Waals surface area contributed by atoms with Crippen molar-refractivity contribution in [3.8, 4) is 0 Å². The van der Waals surface area contributed by atoms with Crippen LogP contribution >= 0.6 is 0 Å². The lowest BCUT2D eigenvalue weighted by Gasteiger charge is -2.26. The maximum atomic E-state index is 14.0. The molecule has 0 radical (unpaired) electrons. The van der Waals surface area contributed by atoms with Crippen molar-refractivity contribution in [2.24, 2.45) is 5.73 Å². The first-order chi connectivity index (χ1) is 20.8. The Morgan fingerprint density at radius 2 is 1.63 bits per heavy atom. The van der Waals surface area contributed by atoms with Gasteiger partial charge in [0.2, 0.25) is 17.7 Å². The fourth-order valence-electron chi connectivity index (χ4n) is 5.46. The summed E-state index contributed by atoms with van der Waals surface area (Å²) in [5, 5.41) is 28.7. The number of aliphatic hydroxyl groups excluding tert-OH is 1. The van der Waals surface area contributed by atoms with Crippen molar-refractivity contribution in [1.82, 2.24) is 35.9 Å². The number of nitrogens with one attached hydrogen (secondary N) is 4. The minimum Gasteiger partial charge on any atom is -0.391 e. The number of aromatic amines is 1. The number of aromatic nitrogens is 4. The van der Waals surface area contributed by atoms with E-state index in [1.807, 2.05) is 60.8 Å². The number of H-pyrrole nitrogens is 1. The quantitative estimate of drug-likeness (QED) is 0.161. The predicted octanol–water partition coefficient (Wildman–Crippen LogP) is 1.44. The van der Waals surface area contributed by atoms with Crippen LogP contribution in [0.4, 0.5) is 0 Å². The molecule has 5 atom stereocenters. The van der Waals surface area contributed by atoms with E-state index in [1.54, 1.807) is 6.20 Å². The van der Waals surface area contributed by atoms with E-state index in [0.29, 0.717) is 31.5 Å². The van der Waals surface area contributed by atoms with E-state index < -0.39 is 48.0 Å². The Balaban J connectivity index is 1.54. The van der Waals surface area contributed by atoms with Crippen molar-refractivity contribution in [1.29, 1.82) is 0 Å². The molecule has 5 rings (SSSR count). The van der Waals surface area contributed by atoms with E-state index in [4.69, 9.17) is 5.73 Å². The van der Waals surface area contributed by atoms with Gasteiger partial charge in [-0.25, -0.2) is 4.68 Å². The van der Waals surface area contributed by atoms with Crippen LogP contribution in [0.25, 0.3) is 10.9 Å². The first kappa shape index (κ1) is 29.9. The summed E-state index contributed by atoms with van der Waals surface area (Å²) in [5.41, 5.74) is 8.64. The van der Waals surface area contributed by atoms with Crippen LogP contribution in [-0.4, -0.2) is 67.5 Å². The molecular weight excluding hydrogens is 548 g/mol. The molecule has 1 aliphatic rings. The molecule has 7 N–H and O–H groups in total. The predicted molar refractivity (Wildman–Crippen MR) is 161 cm³/mol. The Morgan fingerprint density at radius 3 is 2.40 bits per heavy atom. The van der Waals surface area contributed by atoms with Gasteiger partial charge >= 0.3 is 0 Å². The smallest absolute Gasteiger partial charge is 0.245 e. The summed E-state index contributed by atoms with van der Waals surface area (Å²) in [6.45, 7) is 1.99. The van der Waals surface area contributed by atoms with Gasteiger partial charge in [0.05, 0.1) is 12.3 Å². The van der Waals surface area contributed by atoms with Gasteiger partial charge in [-0.2, -0.15) is 0 Å². The van der Waals surface area contributed by atoms with Crippen LogP contribution in [-0.2, 0) is 27.2 Å². The van der Waals surface area contributed by atoms with Crippen LogP contribution in [0.15, 0.2) is 67.0 Å². The lowest BCUT2D eigenvalue weighted by molar-refractivity contribution is -0.133. The number of carbonyl (C=O) groups is 3. The number of hydrogen-bond acceptors (Lipinski definition) is 7. The minimum atomic E-state index is -1.02. The number of amides is 3. The Bertz CT molecular complexity index is 1550. The van der Waals surface area contributed by atoms with Gasteiger partial charge in [-0.15, -0.1) is 5.10 Å². The van der Waals surface area contributed by atoms with Crippen LogP contribution < -0.4 is 21.7 Å². The van der Waals surface area contributed by atoms with E-state index in [9.17, 15) is 19.5 Å². The minimum absolute atomic E-state index is 0.190. The second kappa shape index (κ2) is 13.6. The van der Waals surface area contributed by atoms with Gasteiger partial charge in [-0.3, -0.25) is 14.4 Å². The number of carbonyl (C=O) groups excluding carboxylic acids is 3. The topological polar surface area (TPSA) is 180 Å². The molecule has 12 heteroatoms. The van der Waals surface area contributed by atoms with Crippen LogP contribution in [0, 0.1) is 0 Å². The van der Waals surface area contributed by atoms with Gasteiger partial charge in [-0.1, -0.05) is 53.7 Å². The van der Waals surface area contributed by atoms with Gasteiger partial charge in [-0.05, 0) is 49.9 Å². The van der Waals surface area contributed by atoms with Crippen molar-refractivity contribution >= 4 is 28.6 Å². The van der Waals surface area contributed by atoms with E-state index in [-0.39, 0.29) is 12.8 Å². The second-order valence-electron chi connectivity index (χ2n) is 11.0. The fourth-order valence-corrected chi connectivity index (χ4v) is 5.46. The van der Waals surface area contributed by atoms with Crippen molar-refractivity contribution in [3.63, 3.8) is 0 Å². The normalized spacial score (nSPS) is 22.1. The molecular formula is C31H38N8O4. The molecule has 2 aromatic heterocycles. The Morgan fingerprint density at radius 1 is 0.907 bits per heavy atom. The molecule has 0 aliphatic carbocycles. The van der Waals surface area contributed by atoms with E-state index in [2.05, 4.69) is 31.2 Å². The SMILES string of the molecule is C[C@H](O)[C@H]1NC(=O)[C@H](CCCCN)NC(=O)[C@@H](Cc2c[nH]c3ccccc23)NC(=O)[C@@H](Cc2ccccc2)n2cc1nn2. The largest absolute Gasteiger partial charge is 0.391 e. The van der Waals surface area contributed by atoms with Crippen LogP contribution in [0.5, 0.6) is 0 Å². The number of nitrogens with two attached hydrogens (primary N) is 1. The Kier molecular flexibility index (Phi) is 9.48. The van der Waals surface area contributed by atoms with Crippen molar-refractivity contribution in [2.75, 3.05) is 6.54 Å². The first-order valence-corrected chi connectivity index (χ1v) is 14.6. The van der Waals surface area contributed by atoms with Crippen molar-refractivity contribution in [3.05, 3.63) is 83.8 Å². The molecule has 3 amide bonds. The molecule has 43 heavy (non-hydrogen) atoms. The molecule has 1 aliphatic heterocycles. The molecule has 2 bridgehead atoms. The third-order valence-corrected chi connectivity index (χ3v) is 7.83. The number of rotatable bonds is 9. The zero-order chi connectivity index (χ0) is 30.3. The summed E-state index contributed by atoms with van der Waals surface area (Å²) in [6, 6.07) is 13.5. The standard InChI is InChI=1S/C31H38N8O4/c1-19(40)28-26-18-39(38-37-26)27(15-20-9-3-2-4-10-20)31(43)35-25(16-21-17-33-23-12-6-5-11-22(21)23)30(42)34-24(29(41)36-28)13-7-8-14-32/h2-6,9-12,17-19,24-25,27-28,33,40H,7-8,13-16,32H2,1H3,(H,34,42)(H,35,43)(H,36,41)/t19-,24-,25+,27+,28+/m0/s1. The summed E-state index contributed by atoms with van der Waals surface area (Å²) >= 11 is 0. The zero-order valence-corrected chi connectivity index (χ0v) is 24.1. The lowest BCUT2D eigenvalue weighted by atomic mass is 10.0. The van der Waals surface area contributed by atoms with Crippen molar-refractivity contribution in [2.45, 2.75) is 69.3 Å². The van der Waals surface area contributed by atoms with Gasteiger partial charge in [0.25, 0.3) is 0 Å². The molecule has 226 valence electrons. The molecule has 12 nitrogen and oxygen atoms in total. The number of hydrogen-bond donors (Lipinski definition) is 6. The average Bonchev–Trinajstić information content (AvgIpc) is 3.65. The third-order valence-electron chi connectivity index (χ3n) is 7.83. The Hall–Kier alpha value is -4.55. The molecule has 0 spiro atoms. The average molecular weight is 587 g/mol. The van der Waals surface area contributed by atoms with Crippen LogP contribution in [0.3, 0.4) is 0 Å². The zero-order valence-electron chi connectivity index (χ0n) is 24.1. The summed E-state index contributed by atoms with van der Waals surface area (Å²) in [4.78, 5) is 44.7. The van der Waals surface area contributed by atoms with E-state index in [0.717, 1.165) is 22.0 Å². The highest BCUT2D eigenvalue weighted by atomic mass is 16.3. The Labute approximate surface area is 249 Å². The molecule has 2 aromatic carbocycles. The van der Waals surface area contributed by atoms with Crippen LogP contribution in [0.2, 0.25) is 0 Å². The third kappa shape index (κ3) is 7.09. The van der Waals surface area contributed by atoms with Gasteiger partial charge < -0.3 is 31.8 Å². The number of para-hydroxylation sites is 1. The fraction of sp³-hybridized carbons (Fsp3) is 0.387. The van der Waals surface area contributed by atoms with Gasteiger partial charge in [0.1, 0.15) is 29.9 Å².